The smallest absolute Gasteiger partial charge is 0.0102 e. The Kier molecular flexibility index (Phi) is 3.23. The van der Waals surface area contributed by atoms with Crippen LogP contribution in [0, 0.1) is 0 Å². The molecule has 21 heavy (non-hydrogen) atoms. The van der Waals surface area contributed by atoms with E-state index in [1.807, 2.05) is 0 Å². The van der Waals surface area contributed by atoms with Crippen LogP contribution in [-0.4, -0.2) is 0 Å². The number of rotatable bonds is 1. The lowest BCUT2D eigenvalue weighted by Crippen LogP contribution is -1.95. The Hall–Kier alpha value is -2.08. The van der Waals surface area contributed by atoms with Crippen molar-refractivity contribution in [1.82, 2.24) is 0 Å². The van der Waals surface area contributed by atoms with Gasteiger partial charge in [-0.1, -0.05) is 67.1 Å². The van der Waals surface area contributed by atoms with Crippen molar-refractivity contribution in [3.05, 3.63) is 71.8 Å². The quantitative estimate of drug-likeness (QED) is 0.493. The lowest BCUT2D eigenvalue weighted by Gasteiger charge is -2.15. The van der Waals surface area contributed by atoms with Gasteiger partial charge in [0.05, 0.1) is 0 Å². The maximum absolute atomic E-state index is 2.46. The van der Waals surface area contributed by atoms with E-state index in [0.717, 1.165) is 0 Å². The minimum Gasteiger partial charge on any atom is -0.0622 e. The molecule has 0 aromatic heterocycles. The molecule has 0 fully saturated rings. The average Bonchev–Trinajstić information content (AvgIpc) is 2.80. The summed E-state index contributed by atoms with van der Waals surface area (Å²) in [5.41, 5.74) is 5.90. The van der Waals surface area contributed by atoms with Crippen LogP contribution in [-0.2, 0) is 12.8 Å². The predicted octanol–water partition coefficient (Wildman–Crippen LogP) is 5.78. The van der Waals surface area contributed by atoms with Gasteiger partial charge in [0.15, 0.2) is 0 Å². The zero-order chi connectivity index (χ0) is 14.1. The van der Waals surface area contributed by atoms with Crippen molar-refractivity contribution >= 4 is 10.8 Å². The molecule has 0 amide bonds. The van der Waals surface area contributed by atoms with Crippen LogP contribution in [0.25, 0.3) is 21.9 Å². The minimum atomic E-state index is 1.24. The Bertz CT molecular complexity index is 769. The summed E-state index contributed by atoms with van der Waals surface area (Å²) in [7, 11) is 0. The SMILES string of the molecule is c1ccc(-c2cc3c(c4ccccc24)CCCCC3)cc1. The van der Waals surface area contributed by atoms with Crippen LogP contribution in [0.2, 0.25) is 0 Å². The molecule has 0 bridgehead atoms. The van der Waals surface area contributed by atoms with E-state index in [0.29, 0.717) is 0 Å². The molecule has 3 aromatic rings. The zero-order valence-electron chi connectivity index (χ0n) is 12.3. The molecule has 104 valence electrons. The summed E-state index contributed by atoms with van der Waals surface area (Å²) in [6.07, 6.45) is 6.51. The van der Waals surface area contributed by atoms with Gasteiger partial charge in [-0.2, -0.15) is 0 Å². The van der Waals surface area contributed by atoms with Crippen molar-refractivity contribution < 1.29 is 0 Å². The van der Waals surface area contributed by atoms with Gasteiger partial charge in [0.2, 0.25) is 0 Å². The van der Waals surface area contributed by atoms with Crippen LogP contribution in [0.15, 0.2) is 60.7 Å². The van der Waals surface area contributed by atoms with Gasteiger partial charge in [0.1, 0.15) is 0 Å². The predicted molar refractivity (Wildman–Crippen MR) is 90.6 cm³/mol. The zero-order valence-corrected chi connectivity index (χ0v) is 12.3. The first-order valence-electron chi connectivity index (χ1n) is 8.02. The number of aryl methyl sites for hydroxylation is 2. The van der Waals surface area contributed by atoms with Gasteiger partial charge >= 0.3 is 0 Å². The van der Waals surface area contributed by atoms with E-state index in [9.17, 15) is 0 Å². The molecule has 0 N–H and O–H groups in total. The summed E-state index contributed by atoms with van der Waals surface area (Å²) in [5.74, 6) is 0. The van der Waals surface area contributed by atoms with Crippen molar-refractivity contribution in [1.29, 1.82) is 0 Å². The second-order valence-electron chi connectivity index (χ2n) is 6.03. The molecular weight excluding hydrogens is 252 g/mol. The maximum Gasteiger partial charge on any atom is -0.0102 e. The topological polar surface area (TPSA) is 0 Å². The first-order chi connectivity index (χ1) is 10.4. The first-order valence-corrected chi connectivity index (χ1v) is 8.02. The van der Waals surface area contributed by atoms with E-state index in [1.54, 1.807) is 11.1 Å². The van der Waals surface area contributed by atoms with E-state index in [-0.39, 0.29) is 0 Å². The second-order valence-corrected chi connectivity index (χ2v) is 6.03. The lowest BCUT2D eigenvalue weighted by molar-refractivity contribution is 0.712. The molecule has 0 unspecified atom stereocenters. The molecule has 0 spiro atoms. The fourth-order valence-corrected chi connectivity index (χ4v) is 3.66. The molecule has 0 atom stereocenters. The van der Waals surface area contributed by atoms with E-state index < -0.39 is 0 Å². The molecule has 4 rings (SSSR count). The molecule has 0 saturated heterocycles. The molecule has 0 saturated carbocycles. The van der Waals surface area contributed by atoms with Crippen LogP contribution in [0.1, 0.15) is 30.4 Å². The summed E-state index contributed by atoms with van der Waals surface area (Å²) in [6, 6.07) is 22.2. The van der Waals surface area contributed by atoms with Crippen molar-refractivity contribution in [2.75, 3.05) is 0 Å². The van der Waals surface area contributed by atoms with Gasteiger partial charge in [-0.05, 0) is 58.7 Å². The molecule has 0 nitrogen and oxygen atoms in total. The standard InChI is InChI=1S/C21H20/c1-3-9-16(10-4-1)21-15-17-11-5-2-6-12-18(17)19-13-7-8-14-20(19)21/h1,3-4,7-10,13-15H,2,5-6,11-12H2. The van der Waals surface area contributed by atoms with Gasteiger partial charge in [-0.15, -0.1) is 0 Å². The maximum atomic E-state index is 2.46. The summed E-state index contributed by atoms with van der Waals surface area (Å²) in [5, 5.41) is 2.88. The van der Waals surface area contributed by atoms with Gasteiger partial charge < -0.3 is 0 Å². The van der Waals surface area contributed by atoms with Crippen molar-refractivity contribution in [3.8, 4) is 11.1 Å². The normalized spacial score (nSPS) is 14.7. The number of hydrogen-bond acceptors (Lipinski definition) is 0. The number of hydrogen-bond donors (Lipinski definition) is 0. The third-order valence-electron chi connectivity index (χ3n) is 4.71. The lowest BCUT2D eigenvalue weighted by atomic mass is 9.89. The third kappa shape index (κ3) is 2.25. The summed E-state index contributed by atoms with van der Waals surface area (Å²) in [6.45, 7) is 0. The Morgan fingerprint density at radius 3 is 2.19 bits per heavy atom. The molecular formula is C21H20. The minimum absolute atomic E-state index is 1.24. The van der Waals surface area contributed by atoms with E-state index in [2.05, 4.69) is 60.7 Å². The highest BCUT2D eigenvalue weighted by atomic mass is 14.2. The summed E-state index contributed by atoms with van der Waals surface area (Å²) < 4.78 is 0. The summed E-state index contributed by atoms with van der Waals surface area (Å²) in [4.78, 5) is 0. The monoisotopic (exact) mass is 272 g/mol. The van der Waals surface area contributed by atoms with Crippen LogP contribution in [0.3, 0.4) is 0 Å². The van der Waals surface area contributed by atoms with Crippen molar-refractivity contribution in [2.24, 2.45) is 0 Å². The molecule has 1 aliphatic rings. The first kappa shape index (κ1) is 12.6. The van der Waals surface area contributed by atoms with E-state index in [4.69, 9.17) is 0 Å². The Balaban J connectivity index is 2.04. The molecule has 3 aromatic carbocycles. The van der Waals surface area contributed by atoms with Crippen molar-refractivity contribution in [3.63, 3.8) is 0 Å². The number of benzene rings is 3. The van der Waals surface area contributed by atoms with Crippen LogP contribution < -0.4 is 0 Å². The van der Waals surface area contributed by atoms with E-state index in [1.165, 1.54) is 54.0 Å². The van der Waals surface area contributed by atoms with Gasteiger partial charge in [-0.3, -0.25) is 0 Å². The second kappa shape index (κ2) is 5.37. The van der Waals surface area contributed by atoms with Gasteiger partial charge in [0, 0.05) is 0 Å². The van der Waals surface area contributed by atoms with E-state index >= 15 is 0 Å². The molecule has 1 aliphatic carbocycles. The van der Waals surface area contributed by atoms with Gasteiger partial charge in [0.25, 0.3) is 0 Å². The largest absolute Gasteiger partial charge is 0.0622 e. The third-order valence-corrected chi connectivity index (χ3v) is 4.71. The Labute approximate surface area is 126 Å². The highest BCUT2D eigenvalue weighted by Crippen LogP contribution is 2.35. The number of fused-ring (bicyclic) bond motifs is 3. The summed E-state index contributed by atoms with van der Waals surface area (Å²) >= 11 is 0. The van der Waals surface area contributed by atoms with Crippen molar-refractivity contribution in [2.45, 2.75) is 32.1 Å². The molecule has 0 heteroatoms. The average molecular weight is 272 g/mol. The van der Waals surface area contributed by atoms with Crippen LogP contribution >= 0.6 is 0 Å². The highest BCUT2D eigenvalue weighted by molar-refractivity contribution is 5.99. The van der Waals surface area contributed by atoms with Crippen LogP contribution in [0.4, 0.5) is 0 Å². The highest BCUT2D eigenvalue weighted by Gasteiger charge is 2.14. The fraction of sp³-hybridized carbons (Fsp3) is 0.238. The Morgan fingerprint density at radius 2 is 1.33 bits per heavy atom. The molecule has 0 heterocycles. The van der Waals surface area contributed by atoms with Gasteiger partial charge in [-0.25, -0.2) is 0 Å². The van der Waals surface area contributed by atoms with Crippen LogP contribution in [0.5, 0.6) is 0 Å². The molecule has 0 radical (unpaired) electrons. The molecule has 0 aliphatic heterocycles. The Morgan fingerprint density at radius 1 is 0.619 bits per heavy atom. The fourth-order valence-electron chi connectivity index (χ4n) is 3.66.